The topological polar surface area (TPSA) is 0 Å². The highest BCUT2D eigenvalue weighted by molar-refractivity contribution is 4.98. The molecule has 0 spiro atoms. The lowest BCUT2D eigenvalue weighted by Gasteiger charge is -1.91. The minimum atomic E-state index is 1.05. The number of rotatable bonds is 8. The first-order valence-corrected chi connectivity index (χ1v) is 5.59. The average molecular weight is 190 g/mol. The highest BCUT2D eigenvalue weighted by Crippen LogP contribution is 2.00. The Bertz CT molecular complexity index is 170. The normalized spacial score (nSPS) is 8.86. The van der Waals surface area contributed by atoms with E-state index in [1.165, 1.54) is 25.7 Å². The molecule has 0 aromatic rings. The Balaban J connectivity index is 3.10. The second-order valence-corrected chi connectivity index (χ2v) is 3.42. The van der Waals surface area contributed by atoms with Gasteiger partial charge in [-0.1, -0.05) is 12.2 Å². The SMILES string of the molecule is C=CCCCCC#CCCCCC=C. The maximum Gasteiger partial charge on any atom is 0.00887 e. The first-order valence-electron chi connectivity index (χ1n) is 5.59. The van der Waals surface area contributed by atoms with E-state index in [0.717, 1.165) is 25.7 Å². The molecule has 0 saturated carbocycles. The Morgan fingerprint density at radius 2 is 1.14 bits per heavy atom. The van der Waals surface area contributed by atoms with Crippen molar-refractivity contribution in [3.63, 3.8) is 0 Å². The molecular formula is C14H22. The third-order valence-corrected chi connectivity index (χ3v) is 2.05. The van der Waals surface area contributed by atoms with Crippen molar-refractivity contribution >= 4 is 0 Å². The van der Waals surface area contributed by atoms with E-state index in [2.05, 4.69) is 25.0 Å². The van der Waals surface area contributed by atoms with Crippen LogP contribution in [0.5, 0.6) is 0 Å². The summed E-state index contributed by atoms with van der Waals surface area (Å²) >= 11 is 0. The predicted octanol–water partition coefficient (Wildman–Crippen LogP) is 4.48. The average Bonchev–Trinajstić information content (AvgIpc) is 2.21. The van der Waals surface area contributed by atoms with Crippen LogP contribution in [0.1, 0.15) is 51.4 Å². The van der Waals surface area contributed by atoms with Crippen molar-refractivity contribution in [1.82, 2.24) is 0 Å². The van der Waals surface area contributed by atoms with Crippen LogP contribution in [0.4, 0.5) is 0 Å². The predicted molar refractivity (Wildman–Crippen MR) is 65.1 cm³/mol. The van der Waals surface area contributed by atoms with Gasteiger partial charge in [-0.2, -0.15) is 0 Å². The van der Waals surface area contributed by atoms with Crippen molar-refractivity contribution in [1.29, 1.82) is 0 Å². The molecule has 0 aromatic heterocycles. The molecule has 0 aromatic carbocycles. The van der Waals surface area contributed by atoms with E-state index in [1.54, 1.807) is 0 Å². The van der Waals surface area contributed by atoms with E-state index in [-0.39, 0.29) is 0 Å². The first-order chi connectivity index (χ1) is 6.91. The fraction of sp³-hybridized carbons (Fsp3) is 0.571. The minimum Gasteiger partial charge on any atom is -0.103 e. The van der Waals surface area contributed by atoms with Gasteiger partial charge in [-0.25, -0.2) is 0 Å². The van der Waals surface area contributed by atoms with Crippen molar-refractivity contribution in [3.05, 3.63) is 25.3 Å². The molecule has 0 radical (unpaired) electrons. The molecule has 0 bridgehead atoms. The molecule has 0 fully saturated rings. The third kappa shape index (κ3) is 11.0. The summed E-state index contributed by atoms with van der Waals surface area (Å²) in [6, 6.07) is 0. The molecule has 0 N–H and O–H groups in total. The summed E-state index contributed by atoms with van der Waals surface area (Å²) in [7, 11) is 0. The second kappa shape index (κ2) is 12.0. The summed E-state index contributed by atoms with van der Waals surface area (Å²) in [6.45, 7) is 7.38. The maximum atomic E-state index is 3.69. The number of allylic oxidation sites excluding steroid dienone is 2. The van der Waals surface area contributed by atoms with Crippen LogP contribution in [0.15, 0.2) is 25.3 Å². The third-order valence-electron chi connectivity index (χ3n) is 2.05. The van der Waals surface area contributed by atoms with Gasteiger partial charge in [0.1, 0.15) is 0 Å². The highest BCUT2D eigenvalue weighted by atomic mass is 13.9. The van der Waals surface area contributed by atoms with Crippen LogP contribution in [-0.4, -0.2) is 0 Å². The summed E-state index contributed by atoms with van der Waals surface area (Å²) < 4.78 is 0. The lowest BCUT2D eigenvalue weighted by atomic mass is 10.1. The van der Waals surface area contributed by atoms with E-state index in [0.29, 0.717) is 0 Å². The van der Waals surface area contributed by atoms with Crippen LogP contribution in [-0.2, 0) is 0 Å². The van der Waals surface area contributed by atoms with Crippen LogP contribution in [0.25, 0.3) is 0 Å². The van der Waals surface area contributed by atoms with Gasteiger partial charge < -0.3 is 0 Å². The standard InChI is InChI=1S/C14H22/c1-3-5-7-9-11-13-14-12-10-8-6-4-2/h3-4H,1-2,5-12H2. The zero-order valence-electron chi connectivity index (χ0n) is 9.23. The van der Waals surface area contributed by atoms with E-state index in [9.17, 15) is 0 Å². The van der Waals surface area contributed by atoms with Crippen molar-refractivity contribution in [3.8, 4) is 11.8 Å². The van der Waals surface area contributed by atoms with Gasteiger partial charge in [0, 0.05) is 12.8 Å². The molecule has 0 saturated heterocycles. The molecule has 14 heavy (non-hydrogen) atoms. The Hall–Kier alpha value is -0.960. The lowest BCUT2D eigenvalue weighted by molar-refractivity contribution is 0.763. The van der Waals surface area contributed by atoms with E-state index < -0.39 is 0 Å². The summed E-state index contributed by atoms with van der Waals surface area (Å²) in [5.41, 5.74) is 0. The van der Waals surface area contributed by atoms with Gasteiger partial charge in [0.2, 0.25) is 0 Å². The molecule has 0 heterocycles. The molecule has 0 nitrogen and oxygen atoms in total. The first kappa shape index (κ1) is 13.0. The molecule has 0 atom stereocenters. The van der Waals surface area contributed by atoms with Gasteiger partial charge in [0.15, 0.2) is 0 Å². The number of unbranched alkanes of at least 4 members (excludes halogenated alkanes) is 6. The zero-order valence-corrected chi connectivity index (χ0v) is 9.23. The minimum absolute atomic E-state index is 1.05. The summed E-state index contributed by atoms with van der Waals surface area (Å²) in [5, 5.41) is 0. The van der Waals surface area contributed by atoms with E-state index in [4.69, 9.17) is 0 Å². The van der Waals surface area contributed by atoms with Gasteiger partial charge >= 0.3 is 0 Å². The highest BCUT2D eigenvalue weighted by Gasteiger charge is 1.83. The van der Waals surface area contributed by atoms with Crippen molar-refractivity contribution < 1.29 is 0 Å². The van der Waals surface area contributed by atoms with Crippen molar-refractivity contribution in [2.24, 2.45) is 0 Å². The van der Waals surface area contributed by atoms with Crippen molar-refractivity contribution in [2.45, 2.75) is 51.4 Å². The largest absolute Gasteiger partial charge is 0.103 e. The Kier molecular flexibility index (Phi) is 11.2. The second-order valence-electron chi connectivity index (χ2n) is 3.42. The smallest absolute Gasteiger partial charge is 0.00887 e. The van der Waals surface area contributed by atoms with E-state index in [1.807, 2.05) is 12.2 Å². The monoisotopic (exact) mass is 190 g/mol. The van der Waals surface area contributed by atoms with Gasteiger partial charge in [-0.05, 0) is 38.5 Å². The zero-order chi connectivity index (χ0) is 10.5. The summed E-state index contributed by atoms with van der Waals surface area (Å²) in [5.74, 6) is 6.42. The summed E-state index contributed by atoms with van der Waals surface area (Å²) in [6.07, 6.45) is 13.2. The van der Waals surface area contributed by atoms with Crippen LogP contribution in [0.3, 0.4) is 0 Å². The summed E-state index contributed by atoms with van der Waals surface area (Å²) in [4.78, 5) is 0. The van der Waals surface area contributed by atoms with Crippen LogP contribution < -0.4 is 0 Å². The lowest BCUT2D eigenvalue weighted by Crippen LogP contribution is -1.74. The molecule has 0 amide bonds. The van der Waals surface area contributed by atoms with Crippen LogP contribution in [0, 0.1) is 11.8 Å². The number of hydrogen-bond donors (Lipinski definition) is 0. The van der Waals surface area contributed by atoms with Crippen LogP contribution >= 0.6 is 0 Å². The fourth-order valence-corrected chi connectivity index (χ4v) is 1.18. The molecule has 78 valence electrons. The van der Waals surface area contributed by atoms with Gasteiger partial charge in [0.25, 0.3) is 0 Å². The van der Waals surface area contributed by atoms with Gasteiger partial charge in [-0.3, -0.25) is 0 Å². The van der Waals surface area contributed by atoms with E-state index >= 15 is 0 Å². The molecule has 0 heteroatoms. The Morgan fingerprint density at radius 3 is 1.50 bits per heavy atom. The van der Waals surface area contributed by atoms with Gasteiger partial charge in [0.05, 0.1) is 0 Å². The molecule has 0 aliphatic carbocycles. The van der Waals surface area contributed by atoms with Crippen molar-refractivity contribution in [2.75, 3.05) is 0 Å². The molecule has 0 unspecified atom stereocenters. The Morgan fingerprint density at radius 1 is 0.714 bits per heavy atom. The van der Waals surface area contributed by atoms with Gasteiger partial charge in [-0.15, -0.1) is 25.0 Å². The molecule has 0 aliphatic heterocycles. The Labute approximate surface area is 89.1 Å². The fourth-order valence-electron chi connectivity index (χ4n) is 1.18. The number of hydrogen-bond acceptors (Lipinski definition) is 0. The maximum absolute atomic E-state index is 3.69. The van der Waals surface area contributed by atoms with Crippen LogP contribution in [0.2, 0.25) is 0 Å². The quantitative estimate of drug-likeness (QED) is 0.301. The molecular weight excluding hydrogens is 168 g/mol. The molecule has 0 aliphatic rings. The molecule has 0 rings (SSSR count).